The van der Waals surface area contributed by atoms with Crippen molar-refractivity contribution in [3.8, 4) is 0 Å². The van der Waals surface area contributed by atoms with Gasteiger partial charge in [0.05, 0.1) is 5.69 Å². The highest BCUT2D eigenvalue weighted by atomic mass is 32.2. The Kier molecular flexibility index (Phi) is 5.70. The molecule has 0 atom stereocenters. The molecule has 0 aliphatic carbocycles. The predicted octanol–water partition coefficient (Wildman–Crippen LogP) is 5.91. The second-order valence-corrected chi connectivity index (χ2v) is 8.86. The number of thioether (sulfide) groups is 1. The van der Waals surface area contributed by atoms with E-state index < -0.39 is 0 Å². The molecule has 1 aliphatic heterocycles. The highest BCUT2D eigenvalue weighted by molar-refractivity contribution is 8.04. The normalized spacial score (nSPS) is 13.9. The van der Waals surface area contributed by atoms with Gasteiger partial charge in [-0.25, -0.2) is 4.90 Å². The quantitative estimate of drug-likeness (QED) is 0.513. The lowest BCUT2D eigenvalue weighted by Crippen LogP contribution is -2.32. The number of nitrogens with zero attached hydrogens (tertiary/aromatic N) is 1. The van der Waals surface area contributed by atoms with Gasteiger partial charge >= 0.3 is 0 Å². The number of carbonyl (C=O) groups is 2. The molecule has 0 fully saturated rings. The fourth-order valence-electron chi connectivity index (χ4n) is 3.39. The van der Waals surface area contributed by atoms with Gasteiger partial charge in [0, 0.05) is 10.6 Å². The molecule has 0 bridgehead atoms. The van der Waals surface area contributed by atoms with Crippen LogP contribution in [-0.2, 0) is 9.59 Å². The third kappa shape index (κ3) is 4.14. The van der Waals surface area contributed by atoms with E-state index in [9.17, 15) is 9.59 Å². The molecule has 3 aromatic rings. The maximum absolute atomic E-state index is 13.4. The molecule has 3 aromatic carbocycles. The first-order chi connectivity index (χ1) is 14.8. The van der Waals surface area contributed by atoms with Crippen LogP contribution in [-0.4, -0.2) is 11.8 Å². The monoisotopic (exact) mass is 428 g/mol. The second-order valence-electron chi connectivity index (χ2n) is 7.77. The van der Waals surface area contributed by atoms with Gasteiger partial charge in [-0.3, -0.25) is 9.59 Å². The topological polar surface area (TPSA) is 49.4 Å². The fraction of sp³-hybridized carbons (Fsp3) is 0.154. The van der Waals surface area contributed by atoms with Crippen molar-refractivity contribution >= 4 is 35.0 Å². The van der Waals surface area contributed by atoms with Crippen molar-refractivity contribution in [2.45, 2.75) is 32.6 Å². The number of benzene rings is 3. The highest BCUT2D eigenvalue weighted by Gasteiger charge is 2.40. The third-order valence-corrected chi connectivity index (χ3v) is 6.53. The lowest BCUT2D eigenvalue weighted by molar-refractivity contribution is -0.120. The summed E-state index contributed by atoms with van der Waals surface area (Å²) in [5.74, 6) is -0.656. The van der Waals surface area contributed by atoms with Crippen LogP contribution in [0, 0.1) is 27.7 Å². The highest BCUT2D eigenvalue weighted by Crippen LogP contribution is 2.38. The molecule has 1 N–H and O–H groups in total. The molecule has 1 aliphatic rings. The minimum Gasteiger partial charge on any atom is -0.350 e. The standard InChI is InChI=1S/C26H24N2O2S/c1-16-8-12-20(13-9-16)28-25(29)23(27-22-7-5-6-18(3)19(22)4)24(26(28)30)31-21-14-10-17(2)11-15-21/h5-15,27H,1-4H3. The van der Waals surface area contributed by atoms with E-state index in [-0.39, 0.29) is 11.8 Å². The Morgan fingerprint density at radius 2 is 1.35 bits per heavy atom. The second kappa shape index (κ2) is 8.44. The van der Waals surface area contributed by atoms with Crippen LogP contribution in [0.15, 0.2) is 82.2 Å². The predicted molar refractivity (Wildman–Crippen MR) is 127 cm³/mol. The molecule has 0 aromatic heterocycles. The van der Waals surface area contributed by atoms with Crippen LogP contribution in [0.2, 0.25) is 0 Å². The first-order valence-corrected chi connectivity index (χ1v) is 10.9. The largest absolute Gasteiger partial charge is 0.350 e. The molecule has 0 unspecified atom stereocenters. The lowest BCUT2D eigenvalue weighted by atomic mass is 10.1. The minimum atomic E-state index is -0.343. The molecule has 5 heteroatoms. The van der Waals surface area contributed by atoms with Crippen LogP contribution in [0.1, 0.15) is 22.3 Å². The lowest BCUT2D eigenvalue weighted by Gasteiger charge is -2.16. The van der Waals surface area contributed by atoms with Crippen molar-refractivity contribution in [1.29, 1.82) is 0 Å². The summed E-state index contributed by atoms with van der Waals surface area (Å²) in [6.45, 7) is 8.02. The van der Waals surface area contributed by atoms with E-state index in [2.05, 4.69) is 5.32 Å². The van der Waals surface area contributed by atoms with Crippen molar-refractivity contribution in [2.75, 3.05) is 10.2 Å². The number of hydrogen-bond donors (Lipinski definition) is 1. The summed E-state index contributed by atoms with van der Waals surface area (Å²) < 4.78 is 0. The molecule has 0 radical (unpaired) electrons. The smallest absolute Gasteiger partial charge is 0.283 e. The van der Waals surface area contributed by atoms with Gasteiger partial charge in [-0.05, 0) is 69.2 Å². The van der Waals surface area contributed by atoms with Crippen LogP contribution >= 0.6 is 11.8 Å². The van der Waals surface area contributed by atoms with Gasteiger partial charge in [-0.2, -0.15) is 0 Å². The Morgan fingerprint density at radius 1 is 0.742 bits per heavy atom. The van der Waals surface area contributed by atoms with E-state index in [0.29, 0.717) is 16.3 Å². The van der Waals surface area contributed by atoms with E-state index in [1.165, 1.54) is 16.7 Å². The SMILES string of the molecule is Cc1ccc(SC2=C(Nc3cccc(C)c3C)C(=O)N(c3ccc(C)cc3)C2=O)cc1. The van der Waals surface area contributed by atoms with E-state index in [4.69, 9.17) is 0 Å². The number of rotatable bonds is 5. The van der Waals surface area contributed by atoms with Gasteiger partial charge in [0.2, 0.25) is 0 Å². The maximum atomic E-state index is 13.4. The number of anilines is 2. The molecule has 2 amide bonds. The molecule has 0 saturated heterocycles. The van der Waals surface area contributed by atoms with Crippen molar-refractivity contribution in [3.05, 3.63) is 99.6 Å². The molecule has 4 nitrogen and oxygen atoms in total. The van der Waals surface area contributed by atoms with Crippen LogP contribution < -0.4 is 10.2 Å². The molecule has 0 saturated carbocycles. The Labute approximate surface area is 187 Å². The summed E-state index contributed by atoms with van der Waals surface area (Å²) in [4.78, 5) is 29.4. The van der Waals surface area contributed by atoms with E-state index >= 15 is 0 Å². The minimum absolute atomic E-state index is 0.310. The van der Waals surface area contributed by atoms with Gasteiger partial charge < -0.3 is 5.32 Å². The number of aryl methyl sites for hydroxylation is 3. The van der Waals surface area contributed by atoms with E-state index in [1.54, 1.807) is 12.1 Å². The number of amides is 2. The van der Waals surface area contributed by atoms with Gasteiger partial charge in [-0.1, -0.05) is 59.3 Å². The van der Waals surface area contributed by atoms with E-state index in [1.807, 2.05) is 82.3 Å². The maximum Gasteiger partial charge on any atom is 0.283 e. The summed E-state index contributed by atoms with van der Waals surface area (Å²) in [7, 11) is 0. The molecular weight excluding hydrogens is 404 g/mol. The Hall–Kier alpha value is -3.31. The van der Waals surface area contributed by atoms with Crippen molar-refractivity contribution < 1.29 is 9.59 Å². The Balaban J connectivity index is 1.77. The molecular formula is C26H24N2O2S. The first kappa shape index (κ1) is 20.9. The van der Waals surface area contributed by atoms with Crippen molar-refractivity contribution in [2.24, 2.45) is 0 Å². The van der Waals surface area contributed by atoms with E-state index in [0.717, 1.165) is 32.8 Å². The molecule has 1 heterocycles. The Bertz CT molecular complexity index is 1200. The number of carbonyl (C=O) groups excluding carboxylic acids is 2. The van der Waals surface area contributed by atoms with Crippen LogP contribution in [0.3, 0.4) is 0 Å². The zero-order valence-corrected chi connectivity index (χ0v) is 18.8. The molecule has 4 rings (SSSR count). The number of imide groups is 1. The van der Waals surface area contributed by atoms with Gasteiger partial charge in [0.15, 0.2) is 0 Å². The van der Waals surface area contributed by atoms with Crippen LogP contribution in [0.5, 0.6) is 0 Å². The zero-order valence-electron chi connectivity index (χ0n) is 18.0. The first-order valence-electron chi connectivity index (χ1n) is 10.1. The van der Waals surface area contributed by atoms with Gasteiger partial charge in [0.1, 0.15) is 10.6 Å². The van der Waals surface area contributed by atoms with Gasteiger partial charge in [0.25, 0.3) is 11.8 Å². The summed E-state index contributed by atoms with van der Waals surface area (Å²) in [5.41, 5.74) is 6.07. The molecule has 0 spiro atoms. The summed E-state index contributed by atoms with van der Waals surface area (Å²) in [6.07, 6.45) is 0. The average Bonchev–Trinajstić information content (AvgIpc) is 2.97. The fourth-order valence-corrected chi connectivity index (χ4v) is 4.32. The average molecular weight is 429 g/mol. The number of hydrogen-bond acceptors (Lipinski definition) is 4. The molecule has 31 heavy (non-hydrogen) atoms. The van der Waals surface area contributed by atoms with Crippen molar-refractivity contribution in [1.82, 2.24) is 0 Å². The van der Waals surface area contributed by atoms with Crippen LogP contribution in [0.25, 0.3) is 0 Å². The van der Waals surface area contributed by atoms with Gasteiger partial charge in [-0.15, -0.1) is 0 Å². The number of nitrogens with one attached hydrogen (secondary N) is 1. The third-order valence-electron chi connectivity index (χ3n) is 5.44. The Morgan fingerprint density at radius 3 is 2.00 bits per heavy atom. The summed E-state index contributed by atoms with van der Waals surface area (Å²) in [6, 6.07) is 21.2. The van der Waals surface area contributed by atoms with Crippen molar-refractivity contribution in [3.63, 3.8) is 0 Å². The summed E-state index contributed by atoms with van der Waals surface area (Å²) >= 11 is 1.32. The van der Waals surface area contributed by atoms with Crippen LogP contribution in [0.4, 0.5) is 11.4 Å². The summed E-state index contributed by atoms with van der Waals surface area (Å²) in [5, 5.41) is 3.27. The molecule has 156 valence electrons. The zero-order chi connectivity index (χ0) is 22.1.